The molecule has 2 amide bonds. The summed E-state index contributed by atoms with van der Waals surface area (Å²) >= 11 is 5.98. The molecule has 0 saturated carbocycles. The van der Waals surface area contributed by atoms with Crippen LogP contribution in [0.1, 0.15) is 22.8 Å². The first-order chi connectivity index (χ1) is 13.0. The summed E-state index contributed by atoms with van der Waals surface area (Å²) < 4.78 is 0. The summed E-state index contributed by atoms with van der Waals surface area (Å²) in [5.74, 6) is 0.0644. The number of nitrogens with zero attached hydrogens (tertiary/aromatic N) is 2. The Morgan fingerprint density at radius 2 is 1.78 bits per heavy atom. The van der Waals surface area contributed by atoms with E-state index in [9.17, 15) is 9.59 Å². The van der Waals surface area contributed by atoms with Crippen LogP contribution in [0.2, 0.25) is 5.02 Å². The minimum Gasteiger partial charge on any atom is -0.368 e. The van der Waals surface area contributed by atoms with Gasteiger partial charge in [0.1, 0.15) is 0 Å². The Hall–Kier alpha value is -2.53. The maximum absolute atomic E-state index is 12.4. The SMILES string of the molecule is CC(=O)c1cccc(N2CCN(C(=O)NCCc3cccc(Cl)c3)CC2)c1. The third kappa shape index (κ3) is 5.23. The normalized spacial score (nSPS) is 14.1. The molecule has 1 aliphatic rings. The number of halogens is 1. The van der Waals surface area contributed by atoms with Crippen molar-refractivity contribution in [3.63, 3.8) is 0 Å². The van der Waals surface area contributed by atoms with Crippen molar-refractivity contribution in [1.29, 1.82) is 0 Å². The van der Waals surface area contributed by atoms with E-state index in [2.05, 4.69) is 10.2 Å². The fourth-order valence-electron chi connectivity index (χ4n) is 3.21. The van der Waals surface area contributed by atoms with E-state index < -0.39 is 0 Å². The molecule has 1 heterocycles. The van der Waals surface area contributed by atoms with Crippen molar-refractivity contribution in [1.82, 2.24) is 10.2 Å². The monoisotopic (exact) mass is 385 g/mol. The lowest BCUT2D eigenvalue weighted by molar-refractivity contribution is 0.101. The molecule has 27 heavy (non-hydrogen) atoms. The molecule has 3 rings (SSSR count). The number of benzene rings is 2. The third-order valence-electron chi connectivity index (χ3n) is 4.76. The molecule has 0 atom stereocenters. The van der Waals surface area contributed by atoms with Gasteiger partial charge in [0.25, 0.3) is 0 Å². The van der Waals surface area contributed by atoms with Crippen LogP contribution in [0.3, 0.4) is 0 Å². The maximum atomic E-state index is 12.4. The highest BCUT2D eigenvalue weighted by Crippen LogP contribution is 2.18. The first-order valence-electron chi connectivity index (χ1n) is 9.16. The van der Waals surface area contributed by atoms with Crippen LogP contribution in [0, 0.1) is 0 Å². The average Bonchev–Trinajstić information content (AvgIpc) is 2.68. The summed E-state index contributed by atoms with van der Waals surface area (Å²) in [6, 6.07) is 15.3. The van der Waals surface area contributed by atoms with Gasteiger partial charge in [-0.05, 0) is 43.2 Å². The van der Waals surface area contributed by atoms with Crippen LogP contribution >= 0.6 is 11.6 Å². The summed E-state index contributed by atoms with van der Waals surface area (Å²) in [5, 5.41) is 3.69. The van der Waals surface area contributed by atoms with E-state index in [0.29, 0.717) is 30.2 Å². The Morgan fingerprint density at radius 1 is 1.04 bits per heavy atom. The predicted octanol–water partition coefficient (Wildman–Crippen LogP) is 3.62. The van der Waals surface area contributed by atoms with Crippen LogP contribution in [-0.4, -0.2) is 49.4 Å². The summed E-state index contributed by atoms with van der Waals surface area (Å²) in [7, 11) is 0. The Morgan fingerprint density at radius 3 is 2.48 bits per heavy atom. The number of ketones is 1. The molecule has 0 aliphatic carbocycles. The van der Waals surface area contributed by atoms with Crippen LogP contribution in [0.5, 0.6) is 0 Å². The number of nitrogens with one attached hydrogen (secondary N) is 1. The van der Waals surface area contributed by atoms with Crippen LogP contribution in [0.25, 0.3) is 0 Å². The van der Waals surface area contributed by atoms with Gasteiger partial charge in [-0.3, -0.25) is 4.79 Å². The molecular formula is C21H24ClN3O2. The highest BCUT2D eigenvalue weighted by Gasteiger charge is 2.21. The van der Waals surface area contributed by atoms with Crippen molar-refractivity contribution in [2.24, 2.45) is 0 Å². The van der Waals surface area contributed by atoms with E-state index in [1.165, 1.54) is 0 Å². The number of carbonyl (C=O) groups excluding carboxylic acids is 2. The zero-order chi connectivity index (χ0) is 19.2. The molecule has 142 valence electrons. The minimum absolute atomic E-state index is 0.0332. The number of carbonyl (C=O) groups is 2. The first-order valence-corrected chi connectivity index (χ1v) is 9.54. The van der Waals surface area contributed by atoms with Crippen molar-refractivity contribution in [3.05, 3.63) is 64.7 Å². The quantitative estimate of drug-likeness (QED) is 0.800. The molecular weight excluding hydrogens is 362 g/mol. The summed E-state index contributed by atoms with van der Waals surface area (Å²) in [6.07, 6.45) is 0.754. The second kappa shape index (κ2) is 8.91. The lowest BCUT2D eigenvalue weighted by Crippen LogP contribution is -2.52. The molecule has 1 fully saturated rings. The number of amides is 2. The number of rotatable bonds is 5. The zero-order valence-electron chi connectivity index (χ0n) is 15.5. The van der Waals surface area contributed by atoms with Crippen molar-refractivity contribution in [2.75, 3.05) is 37.6 Å². The van der Waals surface area contributed by atoms with Crippen molar-refractivity contribution in [2.45, 2.75) is 13.3 Å². The third-order valence-corrected chi connectivity index (χ3v) is 5.00. The smallest absolute Gasteiger partial charge is 0.317 e. The summed E-state index contributed by atoms with van der Waals surface area (Å²) in [5.41, 5.74) is 2.86. The number of urea groups is 1. The van der Waals surface area contributed by atoms with Gasteiger partial charge in [-0.15, -0.1) is 0 Å². The van der Waals surface area contributed by atoms with E-state index in [1.807, 2.05) is 53.4 Å². The van der Waals surface area contributed by atoms with Gasteiger partial charge in [-0.25, -0.2) is 4.79 Å². The predicted molar refractivity (Wildman–Crippen MR) is 109 cm³/mol. The topological polar surface area (TPSA) is 52.7 Å². The van der Waals surface area contributed by atoms with Gasteiger partial charge >= 0.3 is 6.03 Å². The number of hydrogen-bond donors (Lipinski definition) is 1. The van der Waals surface area contributed by atoms with Gasteiger partial charge in [-0.2, -0.15) is 0 Å². The van der Waals surface area contributed by atoms with E-state index in [4.69, 9.17) is 11.6 Å². The molecule has 0 bridgehead atoms. The molecule has 2 aromatic carbocycles. The van der Waals surface area contributed by atoms with Crippen LogP contribution in [-0.2, 0) is 6.42 Å². The average molecular weight is 386 g/mol. The summed E-state index contributed by atoms with van der Waals surface area (Å²) in [4.78, 5) is 28.0. The van der Waals surface area contributed by atoms with Crippen molar-refractivity contribution < 1.29 is 9.59 Å². The highest BCUT2D eigenvalue weighted by atomic mass is 35.5. The second-order valence-corrected chi connectivity index (χ2v) is 7.13. The van der Waals surface area contributed by atoms with E-state index in [-0.39, 0.29) is 11.8 Å². The van der Waals surface area contributed by atoms with Crippen LogP contribution in [0.15, 0.2) is 48.5 Å². The van der Waals surface area contributed by atoms with Crippen molar-refractivity contribution >= 4 is 29.1 Å². The first kappa shape index (κ1) is 19.2. The Labute approximate surface area is 164 Å². The largest absolute Gasteiger partial charge is 0.368 e. The van der Waals surface area contributed by atoms with E-state index in [1.54, 1.807) is 6.92 Å². The lowest BCUT2D eigenvalue weighted by atomic mass is 10.1. The molecule has 0 spiro atoms. The fraction of sp³-hybridized carbons (Fsp3) is 0.333. The van der Waals surface area contributed by atoms with E-state index in [0.717, 1.165) is 30.8 Å². The maximum Gasteiger partial charge on any atom is 0.317 e. The van der Waals surface area contributed by atoms with Gasteiger partial charge in [-0.1, -0.05) is 35.9 Å². The Bertz CT molecular complexity index is 817. The molecule has 6 heteroatoms. The van der Waals surface area contributed by atoms with Gasteiger partial charge in [0.2, 0.25) is 0 Å². The molecule has 1 N–H and O–H groups in total. The number of hydrogen-bond acceptors (Lipinski definition) is 3. The number of Topliss-reactive ketones (excluding diaryl/α,β-unsaturated/α-hetero) is 1. The van der Waals surface area contributed by atoms with Gasteiger partial charge in [0.15, 0.2) is 5.78 Å². The zero-order valence-corrected chi connectivity index (χ0v) is 16.2. The van der Waals surface area contributed by atoms with Crippen LogP contribution < -0.4 is 10.2 Å². The second-order valence-electron chi connectivity index (χ2n) is 6.69. The number of piperazine rings is 1. The van der Waals surface area contributed by atoms with Crippen molar-refractivity contribution in [3.8, 4) is 0 Å². The molecule has 0 aromatic heterocycles. The molecule has 5 nitrogen and oxygen atoms in total. The highest BCUT2D eigenvalue weighted by molar-refractivity contribution is 6.30. The van der Waals surface area contributed by atoms with Gasteiger partial charge in [0.05, 0.1) is 0 Å². The Kier molecular flexibility index (Phi) is 6.35. The standard InChI is InChI=1S/C21H24ClN3O2/c1-16(26)18-5-3-7-20(15-18)24-10-12-25(13-11-24)21(27)23-9-8-17-4-2-6-19(22)14-17/h2-7,14-15H,8-13H2,1H3,(H,23,27). The molecule has 1 aliphatic heterocycles. The van der Waals surface area contributed by atoms with Gasteiger partial charge < -0.3 is 15.1 Å². The minimum atomic E-state index is -0.0332. The van der Waals surface area contributed by atoms with Crippen LogP contribution in [0.4, 0.5) is 10.5 Å². The Balaban J connectivity index is 1.46. The fourth-order valence-corrected chi connectivity index (χ4v) is 3.42. The van der Waals surface area contributed by atoms with Gasteiger partial charge in [0, 0.05) is 49.0 Å². The molecule has 0 unspecified atom stereocenters. The van der Waals surface area contributed by atoms with E-state index >= 15 is 0 Å². The summed E-state index contributed by atoms with van der Waals surface area (Å²) in [6.45, 7) is 4.98. The number of anilines is 1. The molecule has 1 saturated heterocycles. The molecule has 0 radical (unpaired) electrons. The lowest BCUT2D eigenvalue weighted by Gasteiger charge is -2.36. The molecule has 2 aromatic rings.